The topological polar surface area (TPSA) is 85.7 Å². The van der Waals surface area contributed by atoms with E-state index in [1.807, 2.05) is 0 Å². The van der Waals surface area contributed by atoms with Gasteiger partial charge in [-0.1, -0.05) is 6.07 Å². The molecular formula is C24H23F3N4O4. The molecule has 1 fully saturated rings. The van der Waals surface area contributed by atoms with Gasteiger partial charge in [-0.3, -0.25) is 4.79 Å². The van der Waals surface area contributed by atoms with Gasteiger partial charge in [-0.15, -0.1) is 0 Å². The Morgan fingerprint density at radius 3 is 2.46 bits per heavy atom. The Bertz CT molecular complexity index is 1250. The van der Waals surface area contributed by atoms with Gasteiger partial charge in [0.05, 0.1) is 48.6 Å². The monoisotopic (exact) mass is 488 g/mol. The molecule has 0 saturated carbocycles. The van der Waals surface area contributed by atoms with Crippen LogP contribution in [-0.4, -0.2) is 49.0 Å². The molecule has 1 saturated heterocycles. The minimum Gasteiger partial charge on any atom is -0.493 e. The number of anilines is 2. The second-order valence-electron chi connectivity index (χ2n) is 7.91. The predicted octanol–water partition coefficient (Wildman–Crippen LogP) is 4.54. The van der Waals surface area contributed by atoms with E-state index in [4.69, 9.17) is 9.47 Å². The third-order valence-corrected chi connectivity index (χ3v) is 5.67. The Morgan fingerprint density at radius 2 is 1.80 bits per heavy atom. The van der Waals surface area contributed by atoms with Gasteiger partial charge in [-0.2, -0.15) is 18.3 Å². The van der Waals surface area contributed by atoms with Crippen LogP contribution in [-0.2, 0) is 10.9 Å². The lowest BCUT2D eigenvalue weighted by Gasteiger charge is -2.22. The van der Waals surface area contributed by atoms with Crippen molar-refractivity contribution < 1.29 is 32.2 Å². The Hall–Kier alpha value is -4.02. The molecule has 3 aromatic rings. The zero-order chi connectivity index (χ0) is 25.2. The SMILES string of the molecule is COC(=O)c1ccc(N2CCCC2)c(NC(=O)c2nn(-c3cccc(C(F)(F)F)c3)cc2OC)c1. The number of amides is 1. The fraction of sp³-hybridized carbons (Fsp3) is 0.292. The number of ether oxygens (including phenoxy) is 2. The van der Waals surface area contributed by atoms with Crippen molar-refractivity contribution in [2.45, 2.75) is 19.0 Å². The van der Waals surface area contributed by atoms with E-state index in [1.165, 1.54) is 38.6 Å². The zero-order valence-electron chi connectivity index (χ0n) is 19.1. The summed E-state index contributed by atoms with van der Waals surface area (Å²) in [5.74, 6) is -1.12. The highest BCUT2D eigenvalue weighted by Gasteiger charge is 2.31. The van der Waals surface area contributed by atoms with E-state index < -0.39 is 23.6 Å². The normalized spacial score (nSPS) is 13.6. The molecule has 0 bridgehead atoms. The van der Waals surface area contributed by atoms with Gasteiger partial charge < -0.3 is 19.7 Å². The van der Waals surface area contributed by atoms with Crippen LogP contribution in [0.2, 0.25) is 0 Å². The predicted molar refractivity (Wildman–Crippen MR) is 122 cm³/mol. The van der Waals surface area contributed by atoms with Gasteiger partial charge in [0.1, 0.15) is 0 Å². The average Bonchev–Trinajstić information content (AvgIpc) is 3.53. The summed E-state index contributed by atoms with van der Waals surface area (Å²) >= 11 is 0. The fourth-order valence-corrected chi connectivity index (χ4v) is 3.92. The molecule has 4 rings (SSSR count). The molecule has 0 atom stereocenters. The van der Waals surface area contributed by atoms with Gasteiger partial charge in [0.2, 0.25) is 0 Å². The number of nitrogens with zero attached hydrogens (tertiary/aromatic N) is 3. The number of alkyl halides is 3. The second kappa shape index (κ2) is 9.69. The average molecular weight is 488 g/mol. The maximum Gasteiger partial charge on any atom is 0.416 e. The fourth-order valence-electron chi connectivity index (χ4n) is 3.92. The smallest absolute Gasteiger partial charge is 0.416 e. The lowest BCUT2D eigenvalue weighted by Crippen LogP contribution is -2.22. The largest absolute Gasteiger partial charge is 0.493 e. The van der Waals surface area contributed by atoms with Gasteiger partial charge in [0, 0.05) is 13.1 Å². The molecule has 1 aliphatic rings. The number of hydrogen-bond acceptors (Lipinski definition) is 6. The number of rotatable bonds is 6. The molecule has 2 heterocycles. The quantitative estimate of drug-likeness (QED) is 0.513. The summed E-state index contributed by atoms with van der Waals surface area (Å²) in [6, 6.07) is 9.46. The van der Waals surface area contributed by atoms with Crippen molar-refractivity contribution in [2.24, 2.45) is 0 Å². The summed E-state index contributed by atoms with van der Waals surface area (Å²) in [6.45, 7) is 1.60. The first kappa shape index (κ1) is 24.1. The summed E-state index contributed by atoms with van der Waals surface area (Å²) < 4.78 is 50.6. The molecular weight excluding hydrogens is 465 g/mol. The van der Waals surface area contributed by atoms with Crippen LogP contribution in [0.25, 0.3) is 5.69 Å². The number of aromatic nitrogens is 2. The maximum atomic E-state index is 13.2. The first-order chi connectivity index (χ1) is 16.7. The highest BCUT2D eigenvalue weighted by Crippen LogP contribution is 2.33. The van der Waals surface area contributed by atoms with Crippen LogP contribution in [0.5, 0.6) is 5.75 Å². The van der Waals surface area contributed by atoms with Gasteiger partial charge in [-0.05, 0) is 49.2 Å². The number of nitrogens with one attached hydrogen (secondary N) is 1. The molecule has 2 aromatic carbocycles. The van der Waals surface area contributed by atoms with Crippen LogP contribution in [0.3, 0.4) is 0 Å². The van der Waals surface area contributed by atoms with E-state index in [0.29, 0.717) is 5.69 Å². The second-order valence-corrected chi connectivity index (χ2v) is 7.91. The van der Waals surface area contributed by atoms with E-state index in [0.717, 1.165) is 48.4 Å². The van der Waals surface area contributed by atoms with Crippen molar-refractivity contribution in [1.82, 2.24) is 9.78 Å². The Labute approximate surface area is 199 Å². The van der Waals surface area contributed by atoms with Gasteiger partial charge in [0.15, 0.2) is 11.4 Å². The molecule has 0 aliphatic carbocycles. The van der Waals surface area contributed by atoms with E-state index >= 15 is 0 Å². The lowest BCUT2D eigenvalue weighted by molar-refractivity contribution is -0.137. The minimum absolute atomic E-state index is 0.0757. The number of esters is 1. The number of halogens is 3. The zero-order valence-corrected chi connectivity index (χ0v) is 19.1. The first-order valence-corrected chi connectivity index (χ1v) is 10.8. The molecule has 1 aromatic heterocycles. The van der Waals surface area contributed by atoms with E-state index in [2.05, 4.69) is 15.3 Å². The number of methoxy groups -OCH3 is 2. The third-order valence-electron chi connectivity index (χ3n) is 5.67. The molecule has 0 radical (unpaired) electrons. The molecule has 11 heteroatoms. The van der Waals surface area contributed by atoms with Crippen molar-refractivity contribution in [1.29, 1.82) is 0 Å². The molecule has 0 spiro atoms. The van der Waals surface area contributed by atoms with E-state index in [-0.39, 0.29) is 22.7 Å². The Morgan fingerprint density at radius 1 is 1.06 bits per heavy atom. The minimum atomic E-state index is -4.52. The number of hydrogen-bond donors (Lipinski definition) is 1. The summed E-state index contributed by atoms with van der Waals surface area (Å²) in [5, 5.41) is 6.95. The van der Waals surface area contributed by atoms with Gasteiger partial charge in [0.25, 0.3) is 5.91 Å². The molecule has 1 N–H and O–H groups in total. The van der Waals surface area contributed by atoms with Crippen LogP contribution in [0.1, 0.15) is 39.3 Å². The third kappa shape index (κ3) is 5.08. The lowest BCUT2D eigenvalue weighted by atomic mass is 10.1. The maximum absolute atomic E-state index is 13.2. The van der Waals surface area contributed by atoms with Crippen molar-refractivity contribution in [3.05, 3.63) is 65.5 Å². The summed E-state index contributed by atoms with van der Waals surface area (Å²) in [4.78, 5) is 27.3. The Balaban J connectivity index is 1.68. The molecule has 1 amide bonds. The van der Waals surface area contributed by atoms with Crippen molar-refractivity contribution in [3.8, 4) is 11.4 Å². The van der Waals surface area contributed by atoms with Gasteiger partial charge in [-0.25, -0.2) is 9.48 Å². The van der Waals surface area contributed by atoms with Crippen molar-refractivity contribution in [2.75, 3.05) is 37.5 Å². The summed E-state index contributed by atoms with van der Waals surface area (Å²) in [5.41, 5.74) is 0.524. The number of carbonyl (C=O) groups excluding carboxylic acids is 2. The van der Waals surface area contributed by atoms with Crippen LogP contribution in [0.4, 0.5) is 24.5 Å². The number of carbonyl (C=O) groups is 2. The summed E-state index contributed by atoms with van der Waals surface area (Å²) in [7, 11) is 2.60. The van der Waals surface area contributed by atoms with Crippen molar-refractivity contribution >= 4 is 23.3 Å². The van der Waals surface area contributed by atoms with Crippen LogP contribution >= 0.6 is 0 Å². The molecule has 8 nitrogen and oxygen atoms in total. The number of benzene rings is 2. The molecule has 1 aliphatic heterocycles. The Kier molecular flexibility index (Phi) is 6.68. The highest BCUT2D eigenvalue weighted by atomic mass is 19.4. The summed E-state index contributed by atoms with van der Waals surface area (Å²) in [6.07, 6.45) is -1.19. The standard InChI is InChI=1S/C24H23F3N4O4/c1-34-20-14-31(17-7-5-6-16(13-17)24(25,26)27)29-21(20)22(32)28-18-12-15(23(33)35-2)8-9-19(18)30-10-3-4-11-30/h5-9,12-14H,3-4,10-11H2,1-2H3,(H,28,32). The van der Waals surface area contributed by atoms with E-state index in [9.17, 15) is 22.8 Å². The molecule has 35 heavy (non-hydrogen) atoms. The van der Waals surface area contributed by atoms with Gasteiger partial charge >= 0.3 is 12.1 Å². The van der Waals surface area contributed by atoms with E-state index in [1.54, 1.807) is 12.1 Å². The van der Waals surface area contributed by atoms with Crippen molar-refractivity contribution in [3.63, 3.8) is 0 Å². The van der Waals surface area contributed by atoms with Crippen LogP contribution in [0.15, 0.2) is 48.7 Å². The first-order valence-electron chi connectivity index (χ1n) is 10.8. The van der Waals surface area contributed by atoms with Crippen LogP contribution < -0.4 is 15.0 Å². The van der Waals surface area contributed by atoms with Crippen LogP contribution in [0, 0.1) is 0 Å². The molecule has 0 unspecified atom stereocenters. The highest BCUT2D eigenvalue weighted by molar-refractivity contribution is 6.07. The molecule has 184 valence electrons.